The van der Waals surface area contributed by atoms with Gasteiger partial charge in [-0.25, -0.2) is 13.2 Å². The number of carboxylic acids is 1. The average molecular weight is 439 g/mol. The maximum atomic E-state index is 12.8. The zero-order valence-corrected chi connectivity index (χ0v) is 17.6. The Labute approximate surface area is 175 Å². The molecular formula is C20H23ClN2O5S. The number of sulfonamides is 1. The maximum Gasteiger partial charge on any atom is 0.341 e. The number of piperazine rings is 1. The maximum absolute atomic E-state index is 12.8. The molecule has 1 aliphatic rings. The molecule has 1 aliphatic heterocycles. The fourth-order valence-corrected chi connectivity index (χ4v) is 4.87. The standard InChI is InChI=1S/C20H23ClN2O5S/c1-15-2-4-16(5-3-15)14-29(26,27)23-10-8-22(9-11-23)18-12-17(21)6-7-19(18)28-13-20(24)25/h2-7,12H,8-11,13-14H2,1H3,(H,24,25). The summed E-state index contributed by atoms with van der Waals surface area (Å²) in [5, 5.41) is 9.35. The summed E-state index contributed by atoms with van der Waals surface area (Å²) in [4.78, 5) is 12.8. The van der Waals surface area contributed by atoms with Crippen molar-refractivity contribution in [1.29, 1.82) is 0 Å². The number of hydrogen-bond acceptors (Lipinski definition) is 5. The Morgan fingerprint density at radius 3 is 2.38 bits per heavy atom. The molecule has 1 saturated heterocycles. The first-order valence-corrected chi connectivity index (χ1v) is 11.2. The fourth-order valence-electron chi connectivity index (χ4n) is 3.19. The van der Waals surface area contributed by atoms with Crippen molar-refractivity contribution in [1.82, 2.24) is 4.31 Å². The van der Waals surface area contributed by atoms with E-state index < -0.39 is 22.6 Å². The average Bonchev–Trinajstić information content (AvgIpc) is 2.68. The quantitative estimate of drug-likeness (QED) is 0.715. The lowest BCUT2D eigenvalue weighted by Crippen LogP contribution is -2.49. The van der Waals surface area contributed by atoms with Crippen LogP contribution in [0.1, 0.15) is 11.1 Å². The summed E-state index contributed by atoms with van der Waals surface area (Å²) in [7, 11) is -3.42. The topological polar surface area (TPSA) is 87.2 Å². The second-order valence-electron chi connectivity index (χ2n) is 6.92. The first kappa shape index (κ1) is 21.4. The molecule has 3 rings (SSSR count). The van der Waals surface area contributed by atoms with E-state index in [1.807, 2.05) is 36.1 Å². The molecule has 0 unspecified atom stereocenters. The van der Waals surface area contributed by atoms with Crippen molar-refractivity contribution >= 4 is 33.3 Å². The largest absolute Gasteiger partial charge is 0.480 e. The smallest absolute Gasteiger partial charge is 0.341 e. The van der Waals surface area contributed by atoms with Crippen LogP contribution in [-0.4, -0.2) is 56.6 Å². The second kappa shape index (κ2) is 9.02. The Hall–Kier alpha value is -2.29. The monoisotopic (exact) mass is 438 g/mol. The third kappa shape index (κ3) is 5.62. The van der Waals surface area contributed by atoms with Gasteiger partial charge in [0.1, 0.15) is 5.75 Å². The van der Waals surface area contributed by atoms with Crippen LogP contribution in [0.5, 0.6) is 5.75 Å². The number of anilines is 1. The Balaban J connectivity index is 1.67. The van der Waals surface area contributed by atoms with Crippen molar-refractivity contribution in [2.75, 3.05) is 37.7 Å². The van der Waals surface area contributed by atoms with Gasteiger partial charge in [0.2, 0.25) is 10.0 Å². The Bertz CT molecular complexity index is 971. The van der Waals surface area contributed by atoms with E-state index >= 15 is 0 Å². The number of nitrogens with zero attached hydrogens (tertiary/aromatic N) is 2. The van der Waals surface area contributed by atoms with Gasteiger partial charge in [-0.05, 0) is 30.7 Å². The minimum Gasteiger partial charge on any atom is -0.480 e. The molecule has 0 spiro atoms. The number of benzene rings is 2. The molecule has 2 aromatic carbocycles. The van der Waals surface area contributed by atoms with Crippen LogP contribution >= 0.6 is 11.6 Å². The molecule has 0 amide bonds. The predicted molar refractivity (Wildman–Crippen MR) is 112 cm³/mol. The molecule has 0 bridgehead atoms. The van der Waals surface area contributed by atoms with Crippen molar-refractivity contribution in [3.8, 4) is 5.75 Å². The lowest BCUT2D eigenvalue weighted by atomic mass is 10.2. The number of aryl methyl sites for hydroxylation is 1. The number of hydrogen-bond donors (Lipinski definition) is 1. The van der Waals surface area contributed by atoms with Crippen LogP contribution in [0.15, 0.2) is 42.5 Å². The SMILES string of the molecule is Cc1ccc(CS(=O)(=O)N2CCN(c3cc(Cl)ccc3OCC(=O)O)CC2)cc1. The lowest BCUT2D eigenvalue weighted by Gasteiger charge is -2.36. The first-order chi connectivity index (χ1) is 13.7. The molecule has 1 fully saturated rings. The molecule has 1 N–H and O–H groups in total. The van der Waals surface area contributed by atoms with Gasteiger partial charge in [-0.3, -0.25) is 0 Å². The number of carboxylic acid groups (broad SMARTS) is 1. The molecular weight excluding hydrogens is 416 g/mol. The molecule has 0 saturated carbocycles. The van der Waals surface area contributed by atoms with Crippen molar-refractivity contribution in [2.45, 2.75) is 12.7 Å². The summed E-state index contributed by atoms with van der Waals surface area (Å²) in [5.41, 5.74) is 2.51. The van der Waals surface area contributed by atoms with Crippen LogP contribution < -0.4 is 9.64 Å². The first-order valence-electron chi connectivity index (χ1n) is 9.17. The summed E-state index contributed by atoms with van der Waals surface area (Å²) in [6.07, 6.45) is 0. The van der Waals surface area contributed by atoms with Crippen molar-refractivity contribution < 1.29 is 23.1 Å². The van der Waals surface area contributed by atoms with E-state index in [4.69, 9.17) is 21.4 Å². The Kier molecular flexibility index (Phi) is 6.66. The molecule has 156 valence electrons. The highest BCUT2D eigenvalue weighted by atomic mass is 35.5. The molecule has 0 atom stereocenters. The van der Waals surface area contributed by atoms with Crippen LogP contribution in [0.2, 0.25) is 5.02 Å². The van der Waals surface area contributed by atoms with Crippen LogP contribution in [0.3, 0.4) is 0 Å². The highest BCUT2D eigenvalue weighted by Gasteiger charge is 2.28. The van der Waals surface area contributed by atoms with Crippen LogP contribution in [0, 0.1) is 6.92 Å². The van der Waals surface area contributed by atoms with E-state index in [0.29, 0.717) is 42.6 Å². The summed E-state index contributed by atoms with van der Waals surface area (Å²) < 4.78 is 32.4. The molecule has 9 heteroatoms. The van der Waals surface area contributed by atoms with E-state index in [1.165, 1.54) is 4.31 Å². The van der Waals surface area contributed by atoms with Crippen molar-refractivity contribution in [3.63, 3.8) is 0 Å². The summed E-state index contributed by atoms with van der Waals surface area (Å²) in [6.45, 7) is 3.08. The Morgan fingerprint density at radius 2 is 1.76 bits per heavy atom. The fraction of sp³-hybridized carbons (Fsp3) is 0.350. The van der Waals surface area contributed by atoms with E-state index in [9.17, 15) is 13.2 Å². The molecule has 0 aliphatic carbocycles. The number of ether oxygens (including phenoxy) is 1. The molecule has 0 radical (unpaired) electrons. The molecule has 1 heterocycles. The van der Waals surface area contributed by atoms with Gasteiger partial charge in [-0.1, -0.05) is 41.4 Å². The summed E-state index contributed by atoms with van der Waals surface area (Å²) in [6, 6.07) is 12.4. The van der Waals surface area contributed by atoms with Gasteiger partial charge in [0.05, 0.1) is 11.4 Å². The molecule has 2 aromatic rings. The van der Waals surface area contributed by atoms with Gasteiger partial charge < -0.3 is 14.7 Å². The van der Waals surface area contributed by atoms with E-state index in [1.54, 1.807) is 18.2 Å². The third-order valence-corrected chi connectivity index (χ3v) is 6.80. The molecule has 0 aromatic heterocycles. The minimum absolute atomic E-state index is 0.0303. The number of aliphatic carboxylic acids is 1. The summed E-state index contributed by atoms with van der Waals surface area (Å²) in [5.74, 6) is -0.692. The number of halogens is 1. The van der Waals surface area contributed by atoms with Gasteiger partial charge in [0, 0.05) is 31.2 Å². The van der Waals surface area contributed by atoms with E-state index in [0.717, 1.165) is 11.1 Å². The predicted octanol–water partition coefficient (Wildman–Crippen LogP) is 2.76. The highest BCUT2D eigenvalue weighted by molar-refractivity contribution is 7.88. The van der Waals surface area contributed by atoms with Gasteiger partial charge >= 0.3 is 5.97 Å². The van der Waals surface area contributed by atoms with Crippen molar-refractivity contribution in [2.24, 2.45) is 0 Å². The zero-order valence-electron chi connectivity index (χ0n) is 16.0. The van der Waals surface area contributed by atoms with Crippen molar-refractivity contribution in [3.05, 3.63) is 58.6 Å². The van der Waals surface area contributed by atoms with Gasteiger partial charge in [0.25, 0.3) is 0 Å². The zero-order chi connectivity index (χ0) is 21.0. The van der Waals surface area contributed by atoms with Gasteiger partial charge in [-0.15, -0.1) is 0 Å². The van der Waals surface area contributed by atoms with E-state index in [2.05, 4.69) is 0 Å². The Morgan fingerprint density at radius 1 is 1.10 bits per heavy atom. The van der Waals surface area contributed by atoms with Crippen LogP contribution in [0.25, 0.3) is 0 Å². The third-order valence-electron chi connectivity index (χ3n) is 4.71. The van der Waals surface area contributed by atoms with Crippen LogP contribution in [0.4, 0.5) is 5.69 Å². The van der Waals surface area contributed by atoms with Crippen LogP contribution in [-0.2, 0) is 20.6 Å². The molecule has 7 nitrogen and oxygen atoms in total. The number of carbonyl (C=O) groups is 1. The normalized spacial score (nSPS) is 15.3. The highest BCUT2D eigenvalue weighted by Crippen LogP contribution is 2.32. The van der Waals surface area contributed by atoms with Gasteiger partial charge in [-0.2, -0.15) is 4.31 Å². The number of rotatable bonds is 7. The molecule has 29 heavy (non-hydrogen) atoms. The lowest BCUT2D eigenvalue weighted by molar-refractivity contribution is -0.139. The second-order valence-corrected chi connectivity index (χ2v) is 9.33. The summed E-state index contributed by atoms with van der Waals surface area (Å²) >= 11 is 6.10. The van der Waals surface area contributed by atoms with Gasteiger partial charge in [0.15, 0.2) is 6.61 Å². The van der Waals surface area contributed by atoms with E-state index in [-0.39, 0.29) is 5.75 Å². The minimum atomic E-state index is -3.42.